The van der Waals surface area contributed by atoms with Gasteiger partial charge in [0.05, 0.1) is 37.6 Å². The van der Waals surface area contributed by atoms with Crippen LogP contribution in [0, 0.1) is 22.7 Å². The number of nitrogens with zero attached hydrogens (tertiary/aromatic N) is 2. The van der Waals surface area contributed by atoms with Crippen LogP contribution in [0.25, 0.3) is 0 Å². The number of rotatable bonds is 12. The average molecular weight is 428 g/mol. The highest BCUT2D eigenvalue weighted by Gasteiger charge is 2.12. The minimum atomic E-state index is 0.236. The van der Waals surface area contributed by atoms with Gasteiger partial charge in [0.1, 0.15) is 25.4 Å². The van der Waals surface area contributed by atoms with Crippen LogP contribution in [0.2, 0.25) is 0 Å². The third-order valence-corrected chi connectivity index (χ3v) is 4.52. The van der Waals surface area contributed by atoms with Crippen molar-refractivity contribution in [3.63, 3.8) is 0 Å². The molecule has 3 rings (SSSR count). The lowest BCUT2D eigenvalue weighted by Gasteiger charge is -2.14. The highest BCUT2D eigenvalue weighted by Crippen LogP contribution is 2.31. The zero-order valence-corrected chi connectivity index (χ0v) is 17.7. The van der Waals surface area contributed by atoms with Crippen LogP contribution < -0.4 is 9.47 Å². The van der Waals surface area contributed by atoms with Gasteiger partial charge in [-0.05, 0) is 11.1 Å². The lowest BCUT2D eigenvalue weighted by molar-refractivity contribution is 0.0805. The molecule has 0 saturated carbocycles. The average Bonchev–Trinajstić information content (AvgIpc) is 2.85. The van der Waals surface area contributed by atoms with Gasteiger partial charge < -0.3 is 18.9 Å². The zero-order chi connectivity index (χ0) is 22.4. The van der Waals surface area contributed by atoms with Gasteiger partial charge in [-0.3, -0.25) is 0 Å². The Morgan fingerprint density at radius 3 is 1.34 bits per heavy atom. The van der Waals surface area contributed by atoms with Gasteiger partial charge >= 0.3 is 0 Å². The van der Waals surface area contributed by atoms with Crippen molar-refractivity contribution < 1.29 is 18.9 Å². The van der Waals surface area contributed by atoms with Crippen LogP contribution in [0.3, 0.4) is 0 Å². The van der Waals surface area contributed by atoms with Gasteiger partial charge in [-0.1, -0.05) is 60.7 Å². The number of ether oxygens (including phenoxy) is 4. The Morgan fingerprint density at radius 2 is 0.969 bits per heavy atom. The second-order valence-electron chi connectivity index (χ2n) is 6.84. The Morgan fingerprint density at radius 1 is 0.562 bits per heavy atom. The van der Waals surface area contributed by atoms with E-state index in [1.54, 1.807) is 0 Å². The molecule has 0 aliphatic carbocycles. The molecule has 32 heavy (non-hydrogen) atoms. The van der Waals surface area contributed by atoms with E-state index in [4.69, 9.17) is 18.9 Å². The Labute approximate surface area is 188 Å². The zero-order valence-electron chi connectivity index (χ0n) is 17.7. The Balaban J connectivity index is 1.51. The quantitative estimate of drug-likeness (QED) is 0.391. The van der Waals surface area contributed by atoms with Crippen molar-refractivity contribution in [2.75, 3.05) is 26.4 Å². The molecule has 0 amide bonds. The van der Waals surface area contributed by atoms with Gasteiger partial charge in [-0.15, -0.1) is 0 Å². The molecule has 0 bridgehead atoms. The van der Waals surface area contributed by atoms with Gasteiger partial charge in [0, 0.05) is 12.1 Å². The number of benzene rings is 3. The Hall–Kier alpha value is -3.84. The molecule has 0 atom stereocenters. The van der Waals surface area contributed by atoms with Crippen LogP contribution in [-0.2, 0) is 22.7 Å². The van der Waals surface area contributed by atoms with Crippen LogP contribution in [0.4, 0.5) is 0 Å². The number of nitriles is 2. The molecule has 3 aromatic rings. The molecular formula is C26H24N2O4. The largest absolute Gasteiger partial charge is 0.487 e. The van der Waals surface area contributed by atoms with Gasteiger partial charge in [-0.25, -0.2) is 0 Å². The standard InChI is InChI=1S/C26H24N2O4/c27-17-23-15-25(31-13-11-29-19-21-7-3-1-4-8-21)26(16-24(23)18-28)32-14-12-30-20-22-9-5-2-6-10-22/h1-10,15-16H,11-14,19-20H2. The summed E-state index contributed by atoms with van der Waals surface area (Å²) in [6.07, 6.45) is 0. The monoisotopic (exact) mass is 428 g/mol. The molecule has 0 N–H and O–H groups in total. The number of hydrogen-bond donors (Lipinski definition) is 0. The van der Waals surface area contributed by atoms with Crippen molar-refractivity contribution in [2.45, 2.75) is 13.2 Å². The summed E-state index contributed by atoms with van der Waals surface area (Å²) in [5.74, 6) is 0.791. The van der Waals surface area contributed by atoms with E-state index in [9.17, 15) is 10.5 Å². The van der Waals surface area contributed by atoms with Crippen LogP contribution in [0.5, 0.6) is 11.5 Å². The van der Waals surface area contributed by atoms with Crippen molar-refractivity contribution in [2.24, 2.45) is 0 Å². The van der Waals surface area contributed by atoms with E-state index in [-0.39, 0.29) is 24.3 Å². The maximum Gasteiger partial charge on any atom is 0.162 e. The minimum Gasteiger partial charge on any atom is -0.487 e. The first-order chi connectivity index (χ1) is 15.8. The molecule has 0 saturated heterocycles. The highest BCUT2D eigenvalue weighted by molar-refractivity contribution is 5.56. The summed E-state index contributed by atoms with van der Waals surface area (Å²) in [6, 6.07) is 26.8. The van der Waals surface area contributed by atoms with Crippen molar-refractivity contribution in [3.05, 3.63) is 95.1 Å². The van der Waals surface area contributed by atoms with Crippen molar-refractivity contribution in [1.82, 2.24) is 0 Å². The summed E-state index contributed by atoms with van der Waals surface area (Å²) in [4.78, 5) is 0. The summed E-state index contributed by atoms with van der Waals surface area (Å²) >= 11 is 0. The molecule has 0 heterocycles. The first-order valence-electron chi connectivity index (χ1n) is 10.3. The summed E-state index contributed by atoms with van der Waals surface area (Å²) < 4.78 is 22.9. The molecule has 0 aliphatic rings. The lowest BCUT2D eigenvalue weighted by atomic mass is 10.1. The maximum atomic E-state index is 9.31. The van der Waals surface area contributed by atoms with E-state index >= 15 is 0 Å². The molecular weight excluding hydrogens is 404 g/mol. The SMILES string of the molecule is N#Cc1cc(OCCOCc2ccccc2)c(OCCOCc2ccccc2)cc1C#N. The third kappa shape index (κ3) is 7.14. The second kappa shape index (κ2) is 12.8. The fourth-order valence-electron chi connectivity index (χ4n) is 2.92. The van der Waals surface area contributed by atoms with E-state index < -0.39 is 0 Å². The van der Waals surface area contributed by atoms with Gasteiger partial charge in [0.25, 0.3) is 0 Å². The Kier molecular flexibility index (Phi) is 9.11. The normalized spacial score (nSPS) is 10.2. The predicted molar refractivity (Wildman–Crippen MR) is 119 cm³/mol. The van der Waals surface area contributed by atoms with Gasteiger partial charge in [0.15, 0.2) is 11.5 Å². The van der Waals surface area contributed by atoms with Gasteiger partial charge in [-0.2, -0.15) is 10.5 Å². The molecule has 6 heteroatoms. The smallest absolute Gasteiger partial charge is 0.162 e. The van der Waals surface area contributed by atoms with E-state index in [1.807, 2.05) is 72.8 Å². The molecule has 162 valence electrons. The van der Waals surface area contributed by atoms with Crippen LogP contribution >= 0.6 is 0 Å². The van der Waals surface area contributed by atoms with Crippen molar-refractivity contribution >= 4 is 0 Å². The highest BCUT2D eigenvalue weighted by atomic mass is 16.6. The lowest BCUT2D eigenvalue weighted by Crippen LogP contribution is -2.10. The molecule has 0 aromatic heterocycles. The van der Waals surface area contributed by atoms with Crippen molar-refractivity contribution in [3.8, 4) is 23.6 Å². The topological polar surface area (TPSA) is 84.5 Å². The fourth-order valence-corrected chi connectivity index (χ4v) is 2.92. The predicted octanol–water partition coefficient (Wildman–Crippen LogP) is 4.62. The third-order valence-electron chi connectivity index (χ3n) is 4.52. The van der Waals surface area contributed by atoms with Crippen LogP contribution in [-0.4, -0.2) is 26.4 Å². The molecule has 0 aliphatic heterocycles. The van der Waals surface area contributed by atoms with Crippen LogP contribution in [0.15, 0.2) is 72.8 Å². The van der Waals surface area contributed by atoms with Crippen LogP contribution in [0.1, 0.15) is 22.3 Å². The molecule has 0 unspecified atom stereocenters. The minimum absolute atomic E-state index is 0.236. The summed E-state index contributed by atoms with van der Waals surface area (Å²) in [7, 11) is 0. The first kappa shape index (κ1) is 22.8. The van der Waals surface area contributed by atoms with E-state index in [2.05, 4.69) is 0 Å². The first-order valence-corrected chi connectivity index (χ1v) is 10.3. The van der Waals surface area contributed by atoms with Crippen molar-refractivity contribution in [1.29, 1.82) is 10.5 Å². The van der Waals surface area contributed by atoms with E-state index in [1.165, 1.54) is 12.1 Å². The maximum absolute atomic E-state index is 9.31. The molecule has 6 nitrogen and oxygen atoms in total. The summed E-state index contributed by atoms with van der Waals surface area (Å²) in [6.45, 7) is 2.29. The molecule has 0 spiro atoms. The Bertz CT molecular complexity index is 970. The van der Waals surface area contributed by atoms with E-state index in [0.717, 1.165) is 11.1 Å². The summed E-state index contributed by atoms with van der Waals surface area (Å²) in [5, 5.41) is 18.6. The second-order valence-corrected chi connectivity index (χ2v) is 6.84. The fraction of sp³-hybridized carbons (Fsp3) is 0.231. The molecule has 0 fully saturated rings. The summed E-state index contributed by atoms with van der Waals surface area (Å²) in [5.41, 5.74) is 2.63. The van der Waals surface area contributed by atoms with E-state index in [0.29, 0.717) is 37.9 Å². The number of hydrogen-bond acceptors (Lipinski definition) is 6. The van der Waals surface area contributed by atoms with Gasteiger partial charge in [0.2, 0.25) is 0 Å². The molecule has 3 aromatic carbocycles. The molecule has 0 radical (unpaired) electrons.